The fourth-order valence-corrected chi connectivity index (χ4v) is 2.11. The largest absolute Gasteiger partial charge is 0.379 e. The van der Waals surface area contributed by atoms with E-state index >= 15 is 0 Å². The summed E-state index contributed by atoms with van der Waals surface area (Å²) >= 11 is 0. The quantitative estimate of drug-likeness (QED) is 0.794. The topological polar surface area (TPSA) is 68.5 Å². The standard InChI is InChI=1S/C12H13N3O3/c1-15(9-4-5-17-7-9)12(16)8-2-3-10-11(6-8)14-18-13-10/h2-3,6,9H,4-5,7H2,1H3/t9-/m1/s1. The second-order valence-electron chi connectivity index (χ2n) is 4.40. The van der Waals surface area contributed by atoms with E-state index in [2.05, 4.69) is 14.9 Å². The molecule has 2 heterocycles. The van der Waals surface area contributed by atoms with E-state index in [4.69, 9.17) is 4.74 Å². The highest BCUT2D eigenvalue weighted by Crippen LogP contribution is 2.17. The summed E-state index contributed by atoms with van der Waals surface area (Å²) < 4.78 is 9.91. The lowest BCUT2D eigenvalue weighted by Crippen LogP contribution is -2.37. The second-order valence-corrected chi connectivity index (χ2v) is 4.40. The lowest BCUT2D eigenvalue weighted by atomic mass is 10.1. The Morgan fingerprint density at radius 2 is 2.22 bits per heavy atom. The first-order valence-electron chi connectivity index (χ1n) is 5.83. The Morgan fingerprint density at radius 3 is 3.00 bits per heavy atom. The monoisotopic (exact) mass is 247 g/mol. The Bertz CT molecular complexity index is 575. The van der Waals surface area contributed by atoms with Crippen molar-refractivity contribution in [2.24, 2.45) is 0 Å². The molecule has 0 saturated carbocycles. The molecule has 1 aromatic carbocycles. The van der Waals surface area contributed by atoms with Gasteiger partial charge in [0.15, 0.2) is 0 Å². The SMILES string of the molecule is CN(C(=O)c1ccc2nonc2c1)[C@@H]1CCOC1. The molecule has 6 nitrogen and oxygen atoms in total. The molecule has 0 bridgehead atoms. The lowest BCUT2D eigenvalue weighted by Gasteiger charge is -2.23. The number of rotatable bonds is 2. The zero-order valence-electron chi connectivity index (χ0n) is 10.00. The third-order valence-corrected chi connectivity index (χ3v) is 3.27. The zero-order chi connectivity index (χ0) is 12.5. The maximum absolute atomic E-state index is 12.3. The first-order chi connectivity index (χ1) is 8.75. The smallest absolute Gasteiger partial charge is 0.254 e. The van der Waals surface area contributed by atoms with E-state index in [1.807, 2.05) is 0 Å². The van der Waals surface area contributed by atoms with Crippen molar-refractivity contribution >= 4 is 16.9 Å². The molecule has 0 spiro atoms. The first-order valence-corrected chi connectivity index (χ1v) is 5.83. The van der Waals surface area contributed by atoms with Crippen molar-refractivity contribution in [3.8, 4) is 0 Å². The number of carbonyl (C=O) groups excluding carboxylic acids is 1. The summed E-state index contributed by atoms with van der Waals surface area (Å²) in [5.41, 5.74) is 1.84. The molecule has 0 radical (unpaired) electrons. The molecule has 94 valence electrons. The van der Waals surface area contributed by atoms with E-state index in [9.17, 15) is 4.79 Å². The molecule has 1 aliphatic rings. The second kappa shape index (κ2) is 4.38. The van der Waals surface area contributed by atoms with Crippen LogP contribution in [0.4, 0.5) is 0 Å². The summed E-state index contributed by atoms with van der Waals surface area (Å²) in [4.78, 5) is 14.0. The maximum atomic E-state index is 12.3. The average molecular weight is 247 g/mol. The molecule has 0 aliphatic carbocycles. The molecule has 0 N–H and O–H groups in total. The maximum Gasteiger partial charge on any atom is 0.254 e. The summed E-state index contributed by atoms with van der Waals surface area (Å²) in [5, 5.41) is 7.45. The van der Waals surface area contributed by atoms with E-state index in [1.165, 1.54) is 0 Å². The van der Waals surface area contributed by atoms with Crippen molar-refractivity contribution in [2.45, 2.75) is 12.5 Å². The van der Waals surface area contributed by atoms with Gasteiger partial charge in [-0.3, -0.25) is 4.79 Å². The molecule has 1 atom stereocenters. The van der Waals surface area contributed by atoms with Crippen LogP contribution in [0.1, 0.15) is 16.8 Å². The molecule has 1 saturated heterocycles. The minimum absolute atomic E-state index is 0.0320. The number of amides is 1. The molecule has 1 aliphatic heterocycles. The summed E-state index contributed by atoms with van der Waals surface area (Å²) in [6, 6.07) is 5.32. The highest BCUT2D eigenvalue weighted by Gasteiger charge is 2.25. The molecular formula is C12H13N3O3. The predicted molar refractivity (Wildman–Crippen MR) is 63.1 cm³/mol. The number of hydrogen-bond donors (Lipinski definition) is 0. The fourth-order valence-electron chi connectivity index (χ4n) is 2.11. The first kappa shape index (κ1) is 11.2. The number of aromatic nitrogens is 2. The highest BCUT2D eigenvalue weighted by molar-refractivity contribution is 5.97. The lowest BCUT2D eigenvalue weighted by molar-refractivity contribution is 0.0711. The molecule has 1 fully saturated rings. The molecule has 2 aromatic rings. The van der Waals surface area contributed by atoms with Gasteiger partial charge in [0.2, 0.25) is 0 Å². The molecule has 1 aromatic heterocycles. The summed E-state index contributed by atoms with van der Waals surface area (Å²) in [7, 11) is 1.80. The van der Waals surface area contributed by atoms with Gasteiger partial charge in [0, 0.05) is 19.2 Å². The van der Waals surface area contributed by atoms with Crippen LogP contribution in [0.2, 0.25) is 0 Å². The number of likely N-dealkylation sites (N-methyl/N-ethyl adjacent to an activating group) is 1. The molecule has 6 heteroatoms. The van der Waals surface area contributed by atoms with E-state index < -0.39 is 0 Å². The van der Waals surface area contributed by atoms with Crippen LogP contribution in [-0.2, 0) is 4.74 Å². The highest BCUT2D eigenvalue weighted by atomic mass is 16.6. The van der Waals surface area contributed by atoms with Gasteiger partial charge in [-0.05, 0) is 34.9 Å². The van der Waals surface area contributed by atoms with Gasteiger partial charge in [0.25, 0.3) is 5.91 Å². The Labute approximate surface area is 103 Å². The Morgan fingerprint density at radius 1 is 1.39 bits per heavy atom. The van der Waals surface area contributed by atoms with E-state index in [1.54, 1.807) is 30.1 Å². The van der Waals surface area contributed by atoms with Crippen molar-refractivity contribution < 1.29 is 14.2 Å². The predicted octanol–water partition coefficient (Wildman–Crippen LogP) is 1.08. The molecule has 3 rings (SSSR count). The summed E-state index contributed by atoms with van der Waals surface area (Å²) in [5.74, 6) is -0.0320. The van der Waals surface area contributed by atoms with Gasteiger partial charge in [-0.2, -0.15) is 0 Å². The zero-order valence-corrected chi connectivity index (χ0v) is 10.00. The third kappa shape index (κ3) is 1.84. The molecule has 18 heavy (non-hydrogen) atoms. The van der Waals surface area contributed by atoms with E-state index in [0.29, 0.717) is 29.8 Å². The van der Waals surface area contributed by atoms with Gasteiger partial charge in [-0.1, -0.05) is 0 Å². The van der Waals surface area contributed by atoms with E-state index in [-0.39, 0.29) is 11.9 Å². The normalized spacial score (nSPS) is 19.3. The minimum atomic E-state index is -0.0320. The van der Waals surface area contributed by atoms with Crippen LogP contribution in [0.5, 0.6) is 0 Å². The van der Waals surface area contributed by atoms with Crippen LogP contribution in [0.15, 0.2) is 22.8 Å². The van der Waals surface area contributed by atoms with Gasteiger partial charge < -0.3 is 9.64 Å². The Kier molecular flexibility index (Phi) is 2.71. The Balaban J connectivity index is 1.86. The number of hydrogen-bond acceptors (Lipinski definition) is 5. The van der Waals surface area contributed by atoms with Gasteiger partial charge in [0.05, 0.1) is 12.6 Å². The van der Waals surface area contributed by atoms with Crippen LogP contribution in [0.25, 0.3) is 11.0 Å². The van der Waals surface area contributed by atoms with Crippen LogP contribution in [0, 0.1) is 0 Å². The van der Waals surface area contributed by atoms with Crippen LogP contribution >= 0.6 is 0 Å². The van der Waals surface area contributed by atoms with Gasteiger partial charge in [-0.15, -0.1) is 0 Å². The average Bonchev–Trinajstić information content (AvgIpc) is 3.06. The minimum Gasteiger partial charge on any atom is -0.379 e. The van der Waals surface area contributed by atoms with Gasteiger partial charge in [-0.25, -0.2) is 4.63 Å². The third-order valence-electron chi connectivity index (χ3n) is 3.27. The van der Waals surface area contributed by atoms with Crippen molar-refractivity contribution in [2.75, 3.05) is 20.3 Å². The number of benzene rings is 1. The number of carbonyl (C=O) groups is 1. The molecular weight excluding hydrogens is 234 g/mol. The summed E-state index contributed by atoms with van der Waals surface area (Å²) in [6.45, 7) is 1.32. The molecule has 1 amide bonds. The van der Waals surface area contributed by atoms with Crippen LogP contribution in [-0.4, -0.2) is 47.4 Å². The summed E-state index contributed by atoms with van der Waals surface area (Å²) in [6.07, 6.45) is 0.885. The van der Waals surface area contributed by atoms with Crippen molar-refractivity contribution in [1.82, 2.24) is 15.2 Å². The van der Waals surface area contributed by atoms with Crippen LogP contribution in [0.3, 0.4) is 0 Å². The van der Waals surface area contributed by atoms with E-state index in [0.717, 1.165) is 6.42 Å². The van der Waals surface area contributed by atoms with Crippen molar-refractivity contribution in [3.63, 3.8) is 0 Å². The van der Waals surface area contributed by atoms with Crippen LogP contribution < -0.4 is 0 Å². The number of fused-ring (bicyclic) bond motifs is 1. The van der Waals surface area contributed by atoms with Gasteiger partial charge >= 0.3 is 0 Å². The Hall–Kier alpha value is -1.95. The molecule has 0 unspecified atom stereocenters. The fraction of sp³-hybridized carbons (Fsp3) is 0.417. The number of nitrogens with zero attached hydrogens (tertiary/aromatic N) is 3. The number of ether oxygens (including phenoxy) is 1. The van der Waals surface area contributed by atoms with Crippen molar-refractivity contribution in [1.29, 1.82) is 0 Å². The van der Waals surface area contributed by atoms with Gasteiger partial charge in [0.1, 0.15) is 11.0 Å². The van der Waals surface area contributed by atoms with Crippen molar-refractivity contribution in [3.05, 3.63) is 23.8 Å².